The Bertz CT molecular complexity index is 368. The molecule has 0 aliphatic rings. The van der Waals surface area contributed by atoms with Crippen LogP contribution in [0.25, 0.3) is 0 Å². The van der Waals surface area contributed by atoms with E-state index in [1.807, 2.05) is 6.07 Å². The Labute approximate surface area is 110 Å². The molecule has 0 bridgehead atoms. The summed E-state index contributed by atoms with van der Waals surface area (Å²) in [7, 11) is 1.48. The molecule has 0 radical (unpaired) electrons. The first kappa shape index (κ1) is 15.0. The van der Waals surface area contributed by atoms with Crippen molar-refractivity contribution >= 4 is 0 Å². The predicted molar refractivity (Wildman–Crippen MR) is 73.6 cm³/mol. The van der Waals surface area contributed by atoms with E-state index in [0.29, 0.717) is 17.7 Å². The minimum atomic E-state index is -0.276. The van der Waals surface area contributed by atoms with Gasteiger partial charge in [0.1, 0.15) is 0 Å². The first-order chi connectivity index (χ1) is 8.56. The first-order valence-corrected chi connectivity index (χ1v) is 6.62. The summed E-state index contributed by atoms with van der Waals surface area (Å²) in [5, 5.41) is 3.40. The van der Waals surface area contributed by atoms with Gasteiger partial charge in [0.25, 0.3) is 0 Å². The zero-order chi connectivity index (χ0) is 13.5. The summed E-state index contributed by atoms with van der Waals surface area (Å²) in [5.74, 6) is 0.571. The van der Waals surface area contributed by atoms with Gasteiger partial charge in [-0.3, -0.25) is 0 Å². The molecule has 102 valence electrons. The molecular weight excluding hydrogens is 229 g/mol. The quantitative estimate of drug-likeness (QED) is 0.804. The highest BCUT2D eigenvalue weighted by atomic mass is 19.1. The third-order valence-corrected chi connectivity index (χ3v) is 3.11. The van der Waals surface area contributed by atoms with Crippen molar-refractivity contribution in [3.05, 3.63) is 29.6 Å². The number of nitrogens with one attached hydrogen (secondary N) is 1. The Morgan fingerprint density at radius 1 is 1.33 bits per heavy atom. The molecular formula is C15H24FNO. The number of hydrogen-bond donors (Lipinski definition) is 1. The van der Waals surface area contributed by atoms with Crippen LogP contribution in [0.15, 0.2) is 18.2 Å². The van der Waals surface area contributed by atoms with Gasteiger partial charge in [-0.15, -0.1) is 0 Å². The molecule has 1 aromatic carbocycles. The molecule has 18 heavy (non-hydrogen) atoms. The lowest BCUT2D eigenvalue weighted by atomic mass is 9.95. The highest BCUT2D eigenvalue weighted by molar-refractivity contribution is 5.29. The van der Waals surface area contributed by atoms with Gasteiger partial charge in [0.15, 0.2) is 11.6 Å². The fraction of sp³-hybridized carbons (Fsp3) is 0.600. The Balaban J connectivity index is 2.54. The molecule has 0 saturated heterocycles. The highest BCUT2D eigenvalue weighted by Gasteiger charge is 2.10. The summed E-state index contributed by atoms with van der Waals surface area (Å²) < 4.78 is 18.5. The van der Waals surface area contributed by atoms with E-state index in [9.17, 15) is 4.39 Å². The molecule has 3 heteroatoms. The summed E-state index contributed by atoms with van der Waals surface area (Å²) in [6.07, 6.45) is 2.00. The summed E-state index contributed by atoms with van der Waals surface area (Å²) in [5.41, 5.74) is 1.03. The van der Waals surface area contributed by atoms with Crippen LogP contribution >= 0.6 is 0 Å². The van der Waals surface area contributed by atoms with E-state index in [-0.39, 0.29) is 5.82 Å². The van der Waals surface area contributed by atoms with Crippen LogP contribution in [0.3, 0.4) is 0 Å². The van der Waals surface area contributed by atoms with E-state index in [1.54, 1.807) is 12.1 Å². The number of benzene rings is 1. The normalized spacial score (nSPS) is 14.3. The topological polar surface area (TPSA) is 21.3 Å². The average molecular weight is 253 g/mol. The molecule has 0 aromatic heterocycles. The zero-order valence-electron chi connectivity index (χ0n) is 11.8. The lowest BCUT2D eigenvalue weighted by molar-refractivity contribution is 0.385. The molecule has 0 spiro atoms. The van der Waals surface area contributed by atoms with Crippen molar-refractivity contribution in [1.82, 2.24) is 5.32 Å². The minimum absolute atomic E-state index is 0.276. The lowest BCUT2D eigenvalue weighted by Gasteiger charge is -2.18. The zero-order valence-corrected chi connectivity index (χ0v) is 11.8. The maximum Gasteiger partial charge on any atom is 0.165 e. The van der Waals surface area contributed by atoms with Gasteiger partial charge in [0.05, 0.1) is 7.11 Å². The van der Waals surface area contributed by atoms with Crippen molar-refractivity contribution in [1.29, 1.82) is 0 Å². The average Bonchev–Trinajstić information content (AvgIpc) is 2.29. The van der Waals surface area contributed by atoms with Crippen molar-refractivity contribution in [2.75, 3.05) is 13.7 Å². The van der Waals surface area contributed by atoms with Crippen molar-refractivity contribution in [2.45, 2.75) is 39.7 Å². The fourth-order valence-corrected chi connectivity index (χ4v) is 2.36. The Kier molecular flexibility index (Phi) is 6.13. The van der Waals surface area contributed by atoms with Crippen LogP contribution in [-0.4, -0.2) is 19.7 Å². The van der Waals surface area contributed by atoms with Crippen molar-refractivity contribution in [2.24, 2.45) is 5.92 Å². The van der Waals surface area contributed by atoms with Gasteiger partial charge in [-0.05, 0) is 49.9 Å². The van der Waals surface area contributed by atoms with E-state index < -0.39 is 0 Å². The van der Waals surface area contributed by atoms with Crippen LogP contribution in [-0.2, 0) is 6.42 Å². The third kappa shape index (κ3) is 4.65. The maximum absolute atomic E-state index is 13.5. The minimum Gasteiger partial charge on any atom is -0.494 e. The van der Waals surface area contributed by atoms with E-state index in [4.69, 9.17) is 4.74 Å². The second kappa shape index (κ2) is 7.37. The van der Waals surface area contributed by atoms with Crippen molar-refractivity contribution in [3.8, 4) is 5.75 Å². The molecule has 2 unspecified atom stereocenters. The van der Waals surface area contributed by atoms with Gasteiger partial charge in [-0.2, -0.15) is 0 Å². The Hall–Kier alpha value is -1.09. The van der Waals surface area contributed by atoms with Crippen LogP contribution in [0.4, 0.5) is 4.39 Å². The number of ether oxygens (including phenoxy) is 1. The second-order valence-electron chi connectivity index (χ2n) is 4.97. The molecule has 2 atom stereocenters. The molecule has 1 aromatic rings. The summed E-state index contributed by atoms with van der Waals surface area (Å²) in [6, 6.07) is 5.72. The van der Waals surface area contributed by atoms with Gasteiger partial charge >= 0.3 is 0 Å². The lowest BCUT2D eigenvalue weighted by Crippen LogP contribution is -2.27. The van der Waals surface area contributed by atoms with Gasteiger partial charge in [0.2, 0.25) is 0 Å². The fourth-order valence-electron chi connectivity index (χ4n) is 2.36. The van der Waals surface area contributed by atoms with E-state index in [0.717, 1.165) is 24.9 Å². The molecule has 0 fully saturated rings. The Morgan fingerprint density at radius 2 is 2.06 bits per heavy atom. The van der Waals surface area contributed by atoms with E-state index >= 15 is 0 Å². The van der Waals surface area contributed by atoms with E-state index in [2.05, 4.69) is 26.1 Å². The van der Waals surface area contributed by atoms with Crippen LogP contribution in [0, 0.1) is 11.7 Å². The summed E-state index contributed by atoms with van der Waals surface area (Å²) in [4.78, 5) is 0. The number of rotatable bonds is 7. The van der Waals surface area contributed by atoms with E-state index in [1.165, 1.54) is 7.11 Å². The summed E-state index contributed by atoms with van der Waals surface area (Å²) >= 11 is 0. The highest BCUT2D eigenvalue weighted by Crippen LogP contribution is 2.20. The number of halogens is 1. The molecule has 0 saturated carbocycles. The predicted octanol–water partition coefficient (Wildman–Crippen LogP) is 3.40. The smallest absolute Gasteiger partial charge is 0.165 e. The van der Waals surface area contributed by atoms with Crippen LogP contribution in [0.5, 0.6) is 5.75 Å². The van der Waals surface area contributed by atoms with Gasteiger partial charge in [-0.1, -0.05) is 19.9 Å². The first-order valence-electron chi connectivity index (χ1n) is 6.62. The van der Waals surface area contributed by atoms with Crippen molar-refractivity contribution in [3.63, 3.8) is 0 Å². The molecule has 1 rings (SSSR count). The molecule has 0 amide bonds. The van der Waals surface area contributed by atoms with Crippen LogP contribution in [0.2, 0.25) is 0 Å². The van der Waals surface area contributed by atoms with Gasteiger partial charge in [0, 0.05) is 6.04 Å². The monoisotopic (exact) mass is 253 g/mol. The van der Waals surface area contributed by atoms with Crippen LogP contribution in [0.1, 0.15) is 32.8 Å². The van der Waals surface area contributed by atoms with Crippen molar-refractivity contribution < 1.29 is 9.13 Å². The van der Waals surface area contributed by atoms with Gasteiger partial charge < -0.3 is 10.1 Å². The molecule has 0 aliphatic carbocycles. The standard InChI is InChI=1S/C15H24FNO/c1-5-17-12(3)8-11(2)9-13-6-7-15(18-4)14(16)10-13/h6-7,10-12,17H,5,8-9H2,1-4H3. The second-order valence-corrected chi connectivity index (χ2v) is 4.97. The van der Waals surface area contributed by atoms with Crippen LogP contribution < -0.4 is 10.1 Å². The maximum atomic E-state index is 13.5. The number of hydrogen-bond acceptors (Lipinski definition) is 2. The van der Waals surface area contributed by atoms with Gasteiger partial charge in [-0.25, -0.2) is 4.39 Å². The largest absolute Gasteiger partial charge is 0.494 e. The molecule has 0 heterocycles. The third-order valence-electron chi connectivity index (χ3n) is 3.11. The Morgan fingerprint density at radius 3 is 2.61 bits per heavy atom. The molecule has 2 nitrogen and oxygen atoms in total. The summed E-state index contributed by atoms with van der Waals surface area (Å²) in [6.45, 7) is 7.50. The molecule has 1 N–H and O–H groups in total. The number of methoxy groups -OCH3 is 1. The molecule has 0 aliphatic heterocycles. The SMILES string of the molecule is CCNC(C)CC(C)Cc1ccc(OC)c(F)c1.